The molecule has 126 valence electrons. The lowest BCUT2D eigenvalue weighted by molar-refractivity contribution is 0.00578. The van der Waals surface area contributed by atoms with Gasteiger partial charge in [0.2, 0.25) is 0 Å². The molecular formula is C17H20BFN2O2S. The predicted molar refractivity (Wildman–Crippen MR) is 95.2 cm³/mol. The average Bonchev–Trinajstić information content (AvgIpc) is 3.02. The van der Waals surface area contributed by atoms with Crippen molar-refractivity contribution in [1.82, 2.24) is 9.97 Å². The van der Waals surface area contributed by atoms with Crippen LogP contribution in [0, 0.1) is 6.92 Å². The molecule has 0 unspecified atom stereocenters. The van der Waals surface area contributed by atoms with E-state index in [-0.39, 0.29) is 0 Å². The molecule has 0 spiro atoms. The standard InChI is InChI=1S/C17H20BFN2O2S/c1-11-9-20-10-13(21-11)14-7-6-12(24-14)8-15(19)18-22-16(2,3)17(4,5)23-18/h6-10H,1-5H3. The molecule has 0 bridgehead atoms. The third-order valence-electron chi connectivity index (χ3n) is 4.39. The van der Waals surface area contributed by atoms with Crippen molar-refractivity contribution < 1.29 is 13.7 Å². The highest BCUT2D eigenvalue weighted by atomic mass is 32.1. The summed E-state index contributed by atoms with van der Waals surface area (Å²) >= 11 is 1.45. The molecular weight excluding hydrogens is 326 g/mol. The second-order valence-corrected chi connectivity index (χ2v) is 7.98. The Bertz CT molecular complexity index is 772. The maximum Gasteiger partial charge on any atom is 0.525 e. The first kappa shape index (κ1) is 17.3. The van der Waals surface area contributed by atoms with Gasteiger partial charge in [-0.05, 0) is 52.8 Å². The first-order valence-corrected chi connectivity index (χ1v) is 8.61. The quantitative estimate of drug-likeness (QED) is 0.770. The molecule has 1 saturated heterocycles. The van der Waals surface area contributed by atoms with Crippen LogP contribution >= 0.6 is 11.3 Å². The molecule has 2 aromatic rings. The first-order valence-electron chi connectivity index (χ1n) is 7.79. The molecule has 1 aliphatic rings. The van der Waals surface area contributed by atoms with Crippen LogP contribution in [0.15, 0.2) is 30.3 Å². The fourth-order valence-corrected chi connectivity index (χ4v) is 3.21. The molecule has 0 aromatic carbocycles. The Labute approximate surface area is 145 Å². The van der Waals surface area contributed by atoms with E-state index in [0.717, 1.165) is 21.1 Å². The summed E-state index contributed by atoms with van der Waals surface area (Å²) in [5.41, 5.74) is 0.0933. The zero-order valence-electron chi connectivity index (χ0n) is 14.5. The van der Waals surface area contributed by atoms with E-state index >= 15 is 0 Å². The van der Waals surface area contributed by atoms with E-state index in [0.29, 0.717) is 0 Å². The van der Waals surface area contributed by atoms with Crippen LogP contribution in [-0.4, -0.2) is 28.3 Å². The zero-order valence-corrected chi connectivity index (χ0v) is 15.3. The molecule has 3 heterocycles. The second-order valence-electron chi connectivity index (χ2n) is 6.87. The molecule has 4 nitrogen and oxygen atoms in total. The number of nitrogens with zero attached hydrogens (tertiary/aromatic N) is 2. The summed E-state index contributed by atoms with van der Waals surface area (Å²) in [6, 6.07) is 3.77. The maximum atomic E-state index is 14.5. The highest BCUT2D eigenvalue weighted by Gasteiger charge is 2.53. The van der Waals surface area contributed by atoms with Gasteiger partial charge >= 0.3 is 7.12 Å². The zero-order chi connectivity index (χ0) is 17.5. The molecule has 0 atom stereocenters. The molecule has 0 amide bonds. The monoisotopic (exact) mass is 346 g/mol. The molecule has 24 heavy (non-hydrogen) atoms. The number of thiophene rings is 1. The van der Waals surface area contributed by atoms with Gasteiger partial charge in [-0.25, -0.2) is 9.37 Å². The highest BCUT2D eigenvalue weighted by molar-refractivity contribution is 7.16. The summed E-state index contributed by atoms with van der Waals surface area (Å²) in [4.78, 5) is 10.3. The van der Waals surface area contributed by atoms with Crippen LogP contribution < -0.4 is 0 Å². The number of aryl methyl sites for hydroxylation is 1. The Morgan fingerprint density at radius 1 is 1.17 bits per heavy atom. The van der Waals surface area contributed by atoms with E-state index < -0.39 is 24.0 Å². The summed E-state index contributed by atoms with van der Waals surface area (Å²) in [7, 11) is -0.973. The Morgan fingerprint density at radius 2 is 1.83 bits per heavy atom. The largest absolute Gasteiger partial charge is 0.525 e. The van der Waals surface area contributed by atoms with Crippen molar-refractivity contribution in [3.05, 3.63) is 40.8 Å². The third-order valence-corrected chi connectivity index (χ3v) is 5.45. The number of hydrogen-bond donors (Lipinski definition) is 0. The third kappa shape index (κ3) is 3.29. The van der Waals surface area contributed by atoms with Crippen LogP contribution in [0.5, 0.6) is 0 Å². The fourth-order valence-electron chi connectivity index (χ4n) is 2.31. The topological polar surface area (TPSA) is 44.2 Å². The molecule has 1 aliphatic heterocycles. The van der Waals surface area contributed by atoms with Gasteiger partial charge in [0.1, 0.15) is 5.73 Å². The lowest BCUT2D eigenvalue weighted by atomic mass is 9.87. The van der Waals surface area contributed by atoms with Crippen molar-refractivity contribution in [2.75, 3.05) is 0 Å². The van der Waals surface area contributed by atoms with Crippen molar-refractivity contribution >= 4 is 24.5 Å². The van der Waals surface area contributed by atoms with Crippen LogP contribution in [0.25, 0.3) is 16.6 Å². The minimum atomic E-state index is -0.973. The van der Waals surface area contributed by atoms with Crippen LogP contribution in [0.2, 0.25) is 0 Å². The fraction of sp³-hybridized carbons (Fsp3) is 0.412. The molecule has 2 aromatic heterocycles. The van der Waals surface area contributed by atoms with Gasteiger partial charge < -0.3 is 9.31 Å². The summed E-state index contributed by atoms with van der Waals surface area (Å²) in [5.74, 6) is 0. The van der Waals surface area contributed by atoms with Crippen molar-refractivity contribution in [3.8, 4) is 10.6 Å². The van der Waals surface area contributed by atoms with E-state index in [9.17, 15) is 4.39 Å². The number of aromatic nitrogens is 2. The summed E-state index contributed by atoms with van der Waals surface area (Å²) < 4.78 is 26.0. The van der Waals surface area contributed by atoms with Crippen molar-refractivity contribution in [3.63, 3.8) is 0 Å². The molecule has 0 radical (unpaired) electrons. The highest BCUT2D eigenvalue weighted by Crippen LogP contribution is 2.39. The van der Waals surface area contributed by atoms with Gasteiger partial charge in [0.25, 0.3) is 0 Å². The normalized spacial score (nSPS) is 19.8. The minimum Gasteiger partial charge on any atom is -0.398 e. The molecule has 3 rings (SSSR count). The van der Waals surface area contributed by atoms with Crippen LogP contribution in [-0.2, 0) is 9.31 Å². The first-order chi connectivity index (χ1) is 11.2. The summed E-state index contributed by atoms with van der Waals surface area (Å²) in [6.45, 7) is 9.50. The summed E-state index contributed by atoms with van der Waals surface area (Å²) in [6.07, 6.45) is 4.87. The van der Waals surface area contributed by atoms with Gasteiger partial charge in [-0.2, -0.15) is 0 Å². The van der Waals surface area contributed by atoms with Crippen LogP contribution in [0.4, 0.5) is 4.39 Å². The van der Waals surface area contributed by atoms with E-state index in [1.54, 1.807) is 12.4 Å². The Morgan fingerprint density at radius 3 is 2.46 bits per heavy atom. The predicted octanol–water partition coefficient (Wildman–Crippen LogP) is 4.46. The Hall–Kier alpha value is -1.57. The number of rotatable bonds is 3. The van der Waals surface area contributed by atoms with Crippen LogP contribution in [0.1, 0.15) is 38.3 Å². The molecule has 0 N–H and O–H groups in total. The van der Waals surface area contributed by atoms with Gasteiger partial charge in [-0.15, -0.1) is 11.3 Å². The molecule has 7 heteroatoms. The van der Waals surface area contributed by atoms with Gasteiger partial charge in [0, 0.05) is 11.1 Å². The molecule has 0 saturated carbocycles. The van der Waals surface area contributed by atoms with Crippen LogP contribution in [0.3, 0.4) is 0 Å². The van der Waals surface area contributed by atoms with E-state index in [2.05, 4.69) is 9.97 Å². The smallest absolute Gasteiger partial charge is 0.398 e. The summed E-state index contributed by atoms with van der Waals surface area (Å²) in [5, 5.41) is 0. The van der Waals surface area contributed by atoms with E-state index in [1.807, 2.05) is 46.8 Å². The Balaban J connectivity index is 1.80. The van der Waals surface area contributed by atoms with E-state index in [4.69, 9.17) is 9.31 Å². The van der Waals surface area contributed by atoms with Crippen molar-refractivity contribution in [2.45, 2.75) is 45.8 Å². The molecule has 1 fully saturated rings. The average molecular weight is 346 g/mol. The maximum absolute atomic E-state index is 14.5. The van der Waals surface area contributed by atoms with Crippen molar-refractivity contribution in [2.24, 2.45) is 0 Å². The lowest BCUT2D eigenvalue weighted by Gasteiger charge is -2.32. The SMILES string of the molecule is Cc1cncc(-c2ccc(C=C(F)B3OC(C)(C)C(C)(C)O3)s2)n1. The van der Waals surface area contributed by atoms with Crippen molar-refractivity contribution in [1.29, 1.82) is 0 Å². The Kier molecular flexibility index (Phi) is 4.36. The van der Waals surface area contributed by atoms with Gasteiger partial charge in [-0.3, -0.25) is 4.98 Å². The van der Waals surface area contributed by atoms with Gasteiger partial charge in [-0.1, -0.05) is 0 Å². The van der Waals surface area contributed by atoms with Gasteiger partial charge in [0.15, 0.2) is 0 Å². The van der Waals surface area contributed by atoms with Gasteiger partial charge in [0.05, 0.1) is 33.7 Å². The molecule has 0 aliphatic carbocycles. The minimum absolute atomic E-state index is 0.433. The van der Waals surface area contributed by atoms with E-state index in [1.165, 1.54) is 17.4 Å². The number of hydrogen-bond acceptors (Lipinski definition) is 5. The second kappa shape index (κ2) is 6.06. The number of halogens is 1. The lowest BCUT2D eigenvalue weighted by Crippen LogP contribution is -2.41.